The van der Waals surface area contributed by atoms with Crippen LogP contribution in [0.15, 0.2) is 6.07 Å². The first-order valence-electron chi connectivity index (χ1n) is 7.72. The molecule has 0 saturated carbocycles. The Hall–Kier alpha value is -1.40. The number of aromatic nitrogens is 2. The minimum atomic E-state index is -0.705. The molecule has 0 unspecified atom stereocenters. The van der Waals surface area contributed by atoms with Gasteiger partial charge in [-0.15, -0.1) is 0 Å². The van der Waals surface area contributed by atoms with E-state index in [-0.39, 0.29) is 0 Å². The van der Waals surface area contributed by atoms with Gasteiger partial charge in [-0.05, 0) is 26.7 Å². The second kappa shape index (κ2) is 8.79. The predicted molar refractivity (Wildman–Crippen MR) is 85.5 cm³/mol. The average molecular weight is 296 g/mol. The van der Waals surface area contributed by atoms with E-state index < -0.39 is 5.60 Å². The van der Waals surface area contributed by atoms with E-state index in [9.17, 15) is 5.11 Å². The predicted octanol–water partition coefficient (Wildman–Crippen LogP) is 2.41. The Kier molecular flexibility index (Phi) is 7.39. The monoisotopic (exact) mass is 296 g/mol. The van der Waals surface area contributed by atoms with Crippen molar-refractivity contribution < 1.29 is 9.84 Å². The molecule has 0 atom stereocenters. The number of hydrogen-bond acceptors (Lipinski definition) is 6. The second-order valence-corrected chi connectivity index (χ2v) is 5.01. The third-order valence-corrected chi connectivity index (χ3v) is 3.48. The molecule has 0 spiro atoms. The quantitative estimate of drug-likeness (QED) is 0.615. The summed E-state index contributed by atoms with van der Waals surface area (Å²) in [7, 11) is 0. The number of hydrogen-bond donors (Lipinski definition) is 3. The van der Waals surface area contributed by atoms with E-state index in [1.54, 1.807) is 0 Å². The van der Waals surface area contributed by atoms with Crippen molar-refractivity contribution in [3.8, 4) is 0 Å². The molecule has 0 aromatic carbocycles. The first-order valence-corrected chi connectivity index (χ1v) is 7.72. The van der Waals surface area contributed by atoms with Crippen molar-refractivity contribution in [2.45, 2.75) is 52.7 Å². The SMILES string of the molecule is CCNc1cc(NCC(O)(CC)CC)nc(COCC)n1. The molecule has 3 N–H and O–H groups in total. The van der Waals surface area contributed by atoms with Crippen LogP contribution < -0.4 is 10.6 Å². The normalized spacial score (nSPS) is 11.5. The molecular weight excluding hydrogens is 268 g/mol. The zero-order valence-electron chi connectivity index (χ0n) is 13.6. The van der Waals surface area contributed by atoms with E-state index in [4.69, 9.17) is 4.74 Å². The van der Waals surface area contributed by atoms with Gasteiger partial charge in [0.2, 0.25) is 0 Å². The number of rotatable bonds is 10. The molecule has 0 aliphatic rings. The first-order chi connectivity index (χ1) is 10.1. The molecule has 6 heteroatoms. The van der Waals surface area contributed by atoms with Crippen LogP contribution in [0.1, 0.15) is 46.4 Å². The standard InChI is InChI=1S/C15H28N4O2/c1-5-15(20,6-2)11-17-13-9-12(16-7-3)18-14(19-13)10-21-8-4/h9,20H,5-8,10-11H2,1-4H3,(H2,16,17,18,19). The lowest BCUT2D eigenvalue weighted by Gasteiger charge is -2.25. The molecule has 0 radical (unpaired) electrons. The number of aliphatic hydroxyl groups is 1. The van der Waals surface area contributed by atoms with Crippen LogP contribution in [0.25, 0.3) is 0 Å². The Balaban J connectivity index is 2.81. The van der Waals surface area contributed by atoms with Crippen LogP contribution >= 0.6 is 0 Å². The molecule has 0 aliphatic carbocycles. The lowest BCUT2D eigenvalue weighted by Crippen LogP contribution is -2.35. The van der Waals surface area contributed by atoms with Gasteiger partial charge in [0.15, 0.2) is 5.82 Å². The summed E-state index contributed by atoms with van der Waals surface area (Å²) in [6.07, 6.45) is 1.40. The lowest BCUT2D eigenvalue weighted by molar-refractivity contribution is 0.0456. The number of anilines is 2. The van der Waals surface area contributed by atoms with Gasteiger partial charge in [0.1, 0.15) is 18.2 Å². The highest BCUT2D eigenvalue weighted by atomic mass is 16.5. The number of nitrogens with one attached hydrogen (secondary N) is 2. The summed E-state index contributed by atoms with van der Waals surface area (Å²) in [6.45, 7) is 10.2. The van der Waals surface area contributed by atoms with E-state index in [0.29, 0.717) is 44.2 Å². The molecular formula is C15H28N4O2. The van der Waals surface area contributed by atoms with Gasteiger partial charge < -0.3 is 20.5 Å². The topological polar surface area (TPSA) is 79.3 Å². The minimum absolute atomic E-state index is 0.385. The third kappa shape index (κ3) is 5.85. The largest absolute Gasteiger partial charge is 0.388 e. The Morgan fingerprint density at radius 2 is 1.71 bits per heavy atom. The van der Waals surface area contributed by atoms with Gasteiger partial charge in [0.05, 0.1) is 5.60 Å². The zero-order chi connectivity index (χ0) is 15.7. The van der Waals surface area contributed by atoms with E-state index >= 15 is 0 Å². The Labute approximate surface area is 127 Å². The fraction of sp³-hybridized carbons (Fsp3) is 0.733. The van der Waals surface area contributed by atoms with Gasteiger partial charge >= 0.3 is 0 Å². The van der Waals surface area contributed by atoms with Crippen LogP contribution in [0.4, 0.5) is 11.6 Å². The zero-order valence-corrected chi connectivity index (χ0v) is 13.6. The molecule has 1 heterocycles. The van der Waals surface area contributed by atoms with Crippen LogP contribution in [0.2, 0.25) is 0 Å². The average Bonchev–Trinajstić information content (AvgIpc) is 2.51. The summed E-state index contributed by atoms with van der Waals surface area (Å²) in [4.78, 5) is 8.82. The smallest absolute Gasteiger partial charge is 0.158 e. The van der Waals surface area contributed by atoms with Gasteiger partial charge in [-0.25, -0.2) is 9.97 Å². The Morgan fingerprint density at radius 3 is 2.24 bits per heavy atom. The van der Waals surface area contributed by atoms with Crippen LogP contribution in [0.5, 0.6) is 0 Å². The molecule has 0 bridgehead atoms. The van der Waals surface area contributed by atoms with Crippen LogP contribution in [-0.2, 0) is 11.3 Å². The first kappa shape index (κ1) is 17.7. The van der Waals surface area contributed by atoms with Crippen LogP contribution in [0, 0.1) is 0 Å². The van der Waals surface area contributed by atoms with Gasteiger partial charge in [0.25, 0.3) is 0 Å². The molecule has 6 nitrogen and oxygen atoms in total. The molecule has 1 rings (SSSR count). The molecule has 21 heavy (non-hydrogen) atoms. The van der Waals surface area contributed by atoms with E-state index in [1.807, 2.05) is 33.8 Å². The van der Waals surface area contributed by atoms with Crippen molar-refractivity contribution >= 4 is 11.6 Å². The van der Waals surface area contributed by atoms with Crippen molar-refractivity contribution in [3.63, 3.8) is 0 Å². The third-order valence-electron chi connectivity index (χ3n) is 3.48. The van der Waals surface area contributed by atoms with Crippen molar-refractivity contribution in [1.82, 2.24) is 9.97 Å². The Morgan fingerprint density at radius 1 is 1.10 bits per heavy atom. The molecule has 1 aromatic rings. The molecule has 0 fully saturated rings. The van der Waals surface area contributed by atoms with Gasteiger partial charge in [-0.3, -0.25) is 0 Å². The maximum absolute atomic E-state index is 10.3. The van der Waals surface area contributed by atoms with E-state index in [2.05, 4.69) is 20.6 Å². The van der Waals surface area contributed by atoms with Gasteiger partial charge in [-0.2, -0.15) is 0 Å². The molecule has 0 saturated heterocycles. The highest BCUT2D eigenvalue weighted by Crippen LogP contribution is 2.17. The highest BCUT2D eigenvalue weighted by molar-refractivity contribution is 5.47. The molecule has 120 valence electrons. The van der Waals surface area contributed by atoms with Crippen molar-refractivity contribution in [2.24, 2.45) is 0 Å². The number of nitrogens with zero attached hydrogens (tertiary/aromatic N) is 2. The molecule has 0 aliphatic heterocycles. The van der Waals surface area contributed by atoms with Gasteiger partial charge in [-0.1, -0.05) is 13.8 Å². The van der Waals surface area contributed by atoms with E-state index in [1.165, 1.54) is 0 Å². The summed E-state index contributed by atoms with van der Waals surface area (Å²) < 4.78 is 5.37. The summed E-state index contributed by atoms with van der Waals surface area (Å²) in [6, 6.07) is 1.85. The Bertz CT molecular complexity index is 422. The van der Waals surface area contributed by atoms with Crippen molar-refractivity contribution in [2.75, 3.05) is 30.3 Å². The number of ether oxygens (including phenoxy) is 1. The summed E-state index contributed by atoms with van der Waals surface area (Å²) in [5.74, 6) is 2.10. The van der Waals surface area contributed by atoms with Crippen LogP contribution in [-0.4, -0.2) is 40.4 Å². The fourth-order valence-electron chi connectivity index (χ4n) is 1.87. The van der Waals surface area contributed by atoms with Gasteiger partial charge in [0, 0.05) is 25.8 Å². The summed E-state index contributed by atoms with van der Waals surface area (Å²) in [5, 5.41) is 16.7. The van der Waals surface area contributed by atoms with Crippen LogP contribution in [0.3, 0.4) is 0 Å². The highest BCUT2D eigenvalue weighted by Gasteiger charge is 2.22. The van der Waals surface area contributed by atoms with Crippen molar-refractivity contribution in [3.05, 3.63) is 11.9 Å². The van der Waals surface area contributed by atoms with Crippen molar-refractivity contribution in [1.29, 1.82) is 0 Å². The second-order valence-electron chi connectivity index (χ2n) is 5.01. The fourth-order valence-corrected chi connectivity index (χ4v) is 1.87. The summed E-state index contributed by atoms with van der Waals surface area (Å²) in [5.41, 5.74) is -0.705. The summed E-state index contributed by atoms with van der Waals surface area (Å²) >= 11 is 0. The molecule has 1 aromatic heterocycles. The maximum Gasteiger partial charge on any atom is 0.158 e. The lowest BCUT2D eigenvalue weighted by atomic mass is 9.98. The maximum atomic E-state index is 10.3. The van der Waals surface area contributed by atoms with E-state index in [0.717, 1.165) is 12.4 Å². The minimum Gasteiger partial charge on any atom is -0.388 e. The molecule has 0 amide bonds.